The summed E-state index contributed by atoms with van der Waals surface area (Å²) in [6, 6.07) is 10.4. The second-order valence-corrected chi connectivity index (χ2v) is 9.11. The zero-order valence-corrected chi connectivity index (χ0v) is 17.7. The number of benzene rings is 1. The molecule has 0 bridgehead atoms. The summed E-state index contributed by atoms with van der Waals surface area (Å²) >= 11 is 1.63. The Bertz CT molecular complexity index is 821. The zero-order chi connectivity index (χ0) is 20.4. The van der Waals surface area contributed by atoms with Crippen LogP contribution in [0.2, 0.25) is 0 Å². The first kappa shape index (κ1) is 22.2. The molecule has 0 aliphatic carbocycles. The van der Waals surface area contributed by atoms with E-state index in [0.717, 1.165) is 28.5 Å². The minimum atomic E-state index is -3.59. The molecule has 1 heterocycles. The van der Waals surface area contributed by atoms with Crippen molar-refractivity contribution < 1.29 is 22.4 Å². The van der Waals surface area contributed by atoms with Crippen LogP contribution in [0.1, 0.15) is 19.1 Å². The summed E-state index contributed by atoms with van der Waals surface area (Å²) in [6.07, 6.45) is 3.60. The maximum Gasteiger partial charge on any atom is 0.240 e. The maximum absolute atomic E-state index is 12.2. The van der Waals surface area contributed by atoms with Crippen LogP contribution in [0.15, 0.2) is 47.1 Å². The molecule has 0 aliphatic rings. The molecule has 28 heavy (non-hydrogen) atoms. The fourth-order valence-electron chi connectivity index (χ4n) is 2.34. The number of hydrogen-bond donors (Lipinski definition) is 1. The molecule has 1 aromatic heterocycles. The van der Waals surface area contributed by atoms with Gasteiger partial charge >= 0.3 is 0 Å². The van der Waals surface area contributed by atoms with Gasteiger partial charge in [0.25, 0.3) is 0 Å². The number of sulfonamides is 1. The minimum absolute atomic E-state index is 0.267. The lowest BCUT2D eigenvalue weighted by molar-refractivity contribution is -0.119. The SMILES string of the molecule is CCCOc1ccc(N(CC(=O)NCCSCc2ccco2)S(C)(=O)=O)cc1. The Morgan fingerprint density at radius 3 is 2.61 bits per heavy atom. The molecule has 2 aromatic rings. The predicted molar refractivity (Wildman–Crippen MR) is 112 cm³/mol. The number of rotatable bonds is 12. The second kappa shape index (κ2) is 11.0. The lowest BCUT2D eigenvalue weighted by atomic mass is 10.3. The number of anilines is 1. The Morgan fingerprint density at radius 2 is 2.00 bits per heavy atom. The molecule has 0 radical (unpaired) electrons. The van der Waals surface area contributed by atoms with E-state index in [4.69, 9.17) is 9.15 Å². The molecule has 0 atom stereocenters. The number of carbonyl (C=O) groups is 1. The van der Waals surface area contributed by atoms with Crippen LogP contribution in [0.5, 0.6) is 5.75 Å². The molecule has 1 amide bonds. The first-order valence-corrected chi connectivity index (χ1v) is 12.0. The van der Waals surface area contributed by atoms with E-state index in [1.54, 1.807) is 42.3 Å². The molecule has 0 unspecified atom stereocenters. The van der Waals surface area contributed by atoms with Crippen molar-refractivity contribution in [2.24, 2.45) is 0 Å². The fraction of sp³-hybridized carbons (Fsp3) is 0.421. The van der Waals surface area contributed by atoms with Gasteiger partial charge in [-0.2, -0.15) is 11.8 Å². The van der Waals surface area contributed by atoms with E-state index in [2.05, 4.69) is 5.32 Å². The van der Waals surface area contributed by atoms with Crippen molar-refractivity contribution in [3.63, 3.8) is 0 Å². The van der Waals surface area contributed by atoms with Gasteiger partial charge in [0.15, 0.2) is 0 Å². The van der Waals surface area contributed by atoms with Crippen molar-refractivity contribution in [2.75, 3.05) is 36.0 Å². The van der Waals surface area contributed by atoms with Gasteiger partial charge in [0.2, 0.25) is 15.9 Å². The Kier molecular flexibility index (Phi) is 8.72. The monoisotopic (exact) mass is 426 g/mol. The highest BCUT2D eigenvalue weighted by Crippen LogP contribution is 2.21. The molecular weight excluding hydrogens is 400 g/mol. The lowest BCUT2D eigenvalue weighted by Crippen LogP contribution is -2.41. The Labute approximate surface area is 170 Å². The van der Waals surface area contributed by atoms with Crippen LogP contribution in [0.25, 0.3) is 0 Å². The van der Waals surface area contributed by atoms with Crippen LogP contribution in [0.4, 0.5) is 5.69 Å². The number of thioether (sulfide) groups is 1. The van der Waals surface area contributed by atoms with Crippen LogP contribution in [-0.4, -0.2) is 46.0 Å². The van der Waals surface area contributed by atoms with Crippen molar-refractivity contribution in [2.45, 2.75) is 19.1 Å². The normalized spacial score (nSPS) is 11.2. The average molecular weight is 427 g/mol. The number of nitrogens with zero attached hydrogens (tertiary/aromatic N) is 1. The van der Waals surface area contributed by atoms with Gasteiger partial charge in [0, 0.05) is 12.3 Å². The Balaban J connectivity index is 1.84. The Hall–Kier alpha value is -2.13. The summed E-state index contributed by atoms with van der Waals surface area (Å²) in [7, 11) is -3.59. The van der Waals surface area contributed by atoms with Crippen LogP contribution in [-0.2, 0) is 20.6 Å². The molecule has 1 aromatic carbocycles. The van der Waals surface area contributed by atoms with Crippen molar-refractivity contribution in [3.05, 3.63) is 48.4 Å². The average Bonchev–Trinajstić information content (AvgIpc) is 3.17. The van der Waals surface area contributed by atoms with Gasteiger partial charge in [-0.05, 0) is 42.8 Å². The summed E-state index contributed by atoms with van der Waals surface area (Å²) in [5.74, 6) is 2.62. The first-order chi connectivity index (χ1) is 13.4. The van der Waals surface area contributed by atoms with Crippen molar-refractivity contribution in [1.82, 2.24) is 5.32 Å². The third kappa shape index (κ3) is 7.47. The van der Waals surface area contributed by atoms with Crippen LogP contribution in [0, 0.1) is 0 Å². The number of amides is 1. The molecule has 2 rings (SSSR count). The maximum atomic E-state index is 12.2. The van der Waals surface area contributed by atoms with Crippen LogP contribution < -0.4 is 14.4 Å². The summed E-state index contributed by atoms with van der Waals surface area (Å²) in [6.45, 7) is 2.78. The molecule has 7 nitrogen and oxygen atoms in total. The third-order valence-electron chi connectivity index (χ3n) is 3.68. The minimum Gasteiger partial charge on any atom is -0.494 e. The zero-order valence-electron chi connectivity index (χ0n) is 16.1. The lowest BCUT2D eigenvalue weighted by Gasteiger charge is -2.22. The molecule has 0 aliphatic heterocycles. The van der Waals surface area contributed by atoms with Crippen molar-refractivity contribution >= 4 is 33.4 Å². The molecule has 0 spiro atoms. The van der Waals surface area contributed by atoms with E-state index < -0.39 is 10.0 Å². The fourth-order valence-corrected chi connectivity index (χ4v) is 3.96. The molecule has 0 saturated heterocycles. The molecule has 0 fully saturated rings. The molecule has 1 N–H and O–H groups in total. The standard InChI is InChI=1S/C19H26N2O5S2/c1-3-11-25-17-8-6-16(7-9-17)21(28(2,23)24)14-19(22)20-10-13-27-15-18-5-4-12-26-18/h4-9,12H,3,10-11,13-15H2,1-2H3,(H,20,22). The summed E-state index contributed by atoms with van der Waals surface area (Å²) in [5, 5.41) is 2.75. The van der Waals surface area contributed by atoms with E-state index in [9.17, 15) is 13.2 Å². The van der Waals surface area contributed by atoms with Crippen LogP contribution in [0.3, 0.4) is 0 Å². The molecule has 154 valence electrons. The number of hydrogen-bond acceptors (Lipinski definition) is 6. The van der Waals surface area contributed by atoms with E-state index in [1.165, 1.54) is 0 Å². The number of nitrogens with one attached hydrogen (secondary N) is 1. The number of carbonyl (C=O) groups excluding carboxylic acids is 1. The van der Waals surface area contributed by atoms with Gasteiger partial charge in [-0.25, -0.2) is 8.42 Å². The smallest absolute Gasteiger partial charge is 0.240 e. The van der Waals surface area contributed by atoms with Gasteiger partial charge in [0.1, 0.15) is 18.1 Å². The molecule has 0 saturated carbocycles. The molecular formula is C19H26N2O5S2. The predicted octanol–water partition coefficient (Wildman–Crippen LogP) is 2.88. The topological polar surface area (TPSA) is 88.8 Å². The highest BCUT2D eigenvalue weighted by atomic mass is 32.2. The summed E-state index contributed by atoms with van der Waals surface area (Å²) < 4.78 is 36.1. The number of furan rings is 1. The van der Waals surface area contributed by atoms with Gasteiger partial charge < -0.3 is 14.5 Å². The van der Waals surface area contributed by atoms with Crippen molar-refractivity contribution in [3.8, 4) is 5.75 Å². The van der Waals surface area contributed by atoms with E-state index in [0.29, 0.717) is 30.3 Å². The van der Waals surface area contributed by atoms with E-state index in [1.807, 2.05) is 19.1 Å². The van der Waals surface area contributed by atoms with Gasteiger partial charge in [0.05, 0.1) is 30.6 Å². The summed E-state index contributed by atoms with van der Waals surface area (Å²) in [5.41, 5.74) is 0.425. The van der Waals surface area contributed by atoms with Gasteiger partial charge in [-0.1, -0.05) is 6.92 Å². The largest absolute Gasteiger partial charge is 0.494 e. The van der Waals surface area contributed by atoms with Crippen LogP contribution >= 0.6 is 11.8 Å². The second-order valence-electron chi connectivity index (χ2n) is 6.09. The highest BCUT2D eigenvalue weighted by Gasteiger charge is 2.20. The van der Waals surface area contributed by atoms with Gasteiger partial charge in [-0.15, -0.1) is 0 Å². The van der Waals surface area contributed by atoms with E-state index in [-0.39, 0.29) is 12.5 Å². The third-order valence-corrected chi connectivity index (χ3v) is 5.80. The highest BCUT2D eigenvalue weighted by molar-refractivity contribution is 7.98. The van der Waals surface area contributed by atoms with E-state index >= 15 is 0 Å². The summed E-state index contributed by atoms with van der Waals surface area (Å²) in [4.78, 5) is 12.2. The quantitative estimate of drug-likeness (QED) is 0.525. The van der Waals surface area contributed by atoms with Gasteiger partial charge in [-0.3, -0.25) is 9.10 Å². The number of ether oxygens (including phenoxy) is 1. The Morgan fingerprint density at radius 1 is 1.25 bits per heavy atom. The van der Waals surface area contributed by atoms with Crippen molar-refractivity contribution in [1.29, 1.82) is 0 Å². The molecule has 9 heteroatoms. The first-order valence-electron chi connectivity index (χ1n) is 8.97.